The van der Waals surface area contributed by atoms with Gasteiger partial charge < -0.3 is 4.74 Å². The predicted octanol–water partition coefficient (Wildman–Crippen LogP) is 4.21. The summed E-state index contributed by atoms with van der Waals surface area (Å²) in [4.78, 5) is 26.8. The van der Waals surface area contributed by atoms with Crippen molar-refractivity contribution in [2.45, 2.75) is 6.61 Å². The number of halogens is 1. The van der Waals surface area contributed by atoms with Crippen LogP contribution in [-0.4, -0.2) is 15.9 Å². The molecule has 3 rings (SSSR count). The van der Waals surface area contributed by atoms with Gasteiger partial charge in [-0.25, -0.2) is 9.78 Å². The highest BCUT2D eigenvalue weighted by atomic mass is 35.5. The highest BCUT2D eigenvalue weighted by Crippen LogP contribution is 2.25. The van der Waals surface area contributed by atoms with Gasteiger partial charge >= 0.3 is 5.97 Å². The number of hydrogen-bond acceptors (Lipinski definition) is 6. The number of fused-ring (bicyclic) bond motifs is 1. The highest BCUT2D eigenvalue weighted by molar-refractivity contribution is 7.18. The lowest BCUT2D eigenvalue weighted by Gasteiger charge is -2.04. The Morgan fingerprint density at radius 2 is 2.09 bits per heavy atom. The molecule has 23 heavy (non-hydrogen) atoms. The molecule has 0 aliphatic heterocycles. The van der Waals surface area contributed by atoms with E-state index in [0.29, 0.717) is 5.01 Å². The number of ether oxygens (including phenoxy) is 1. The van der Waals surface area contributed by atoms with Gasteiger partial charge in [-0.2, -0.15) is 0 Å². The zero-order valence-corrected chi connectivity index (χ0v) is 13.1. The van der Waals surface area contributed by atoms with Gasteiger partial charge in [-0.15, -0.1) is 11.3 Å². The Morgan fingerprint density at radius 3 is 2.83 bits per heavy atom. The second-order valence-corrected chi connectivity index (χ2v) is 6.12. The molecule has 0 aliphatic rings. The van der Waals surface area contributed by atoms with E-state index in [0.717, 1.165) is 10.2 Å². The molecule has 0 saturated heterocycles. The maximum Gasteiger partial charge on any atom is 0.345 e. The largest absolute Gasteiger partial charge is 0.455 e. The Morgan fingerprint density at radius 1 is 1.30 bits per heavy atom. The van der Waals surface area contributed by atoms with Crippen molar-refractivity contribution < 1.29 is 14.5 Å². The molecular formula is C15H9ClN2O4S. The number of aromatic nitrogens is 1. The van der Waals surface area contributed by atoms with Gasteiger partial charge in [0.1, 0.15) is 17.2 Å². The third-order valence-corrected chi connectivity index (χ3v) is 4.29. The second-order valence-electron chi connectivity index (χ2n) is 4.57. The first-order valence-electron chi connectivity index (χ1n) is 6.50. The Labute approximate surface area is 139 Å². The van der Waals surface area contributed by atoms with Gasteiger partial charge in [0.2, 0.25) is 0 Å². The Kier molecular flexibility index (Phi) is 4.22. The maximum atomic E-state index is 12.1. The van der Waals surface area contributed by atoms with Crippen LogP contribution in [0.1, 0.15) is 15.4 Å². The highest BCUT2D eigenvalue weighted by Gasteiger charge is 2.22. The molecule has 0 saturated carbocycles. The minimum atomic E-state index is -0.807. The lowest BCUT2D eigenvalue weighted by Crippen LogP contribution is -2.08. The van der Waals surface area contributed by atoms with E-state index >= 15 is 0 Å². The number of para-hydroxylation sites is 1. The van der Waals surface area contributed by atoms with E-state index in [2.05, 4.69) is 4.98 Å². The van der Waals surface area contributed by atoms with Gasteiger partial charge in [-0.3, -0.25) is 10.1 Å². The average Bonchev–Trinajstić information content (AvgIpc) is 2.95. The van der Waals surface area contributed by atoms with Gasteiger partial charge in [-0.05, 0) is 24.3 Å². The van der Waals surface area contributed by atoms with E-state index in [9.17, 15) is 14.9 Å². The number of esters is 1. The number of thiazole rings is 1. The van der Waals surface area contributed by atoms with Gasteiger partial charge in [0.15, 0.2) is 0 Å². The number of rotatable bonds is 4. The molecule has 0 atom stereocenters. The summed E-state index contributed by atoms with van der Waals surface area (Å²) < 4.78 is 6.11. The van der Waals surface area contributed by atoms with Gasteiger partial charge in [-0.1, -0.05) is 23.7 Å². The number of nitro benzene ring substituents is 1. The van der Waals surface area contributed by atoms with Crippen LogP contribution in [0, 0.1) is 10.1 Å². The predicted molar refractivity (Wildman–Crippen MR) is 86.8 cm³/mol. The third-order valence-electron chi connectivity index (χ3n) is 3.04. The Balaban J connectivity index is 1.79. The molecule has 1 aromatic heterocycles. The van der Waals surface area contributed by atoms with Crippen LogP contribution in [-0.2, 0) is 11.3 Å². The summed E-state index contributed by atoms with van der Waals surface area (Å²) in [5.41, 5.74) is 0.296. The van der Waals surface area contributed by atoms with Crippen molar-refractivity contribution in [1.82, 2.24) is 4.98 Å². The summed E-state index contributed by atoms with van der Waals surface area (Å²) in [5, 5.41) is 11.8. The third kappa shape index (κ3) is 3.30. The number of nitrogens with zero attached hydrogens (tertiary/aromatic N) is 2. The molecule has 0 spiro atoms. The minimum Gasteiger partial charge on any atom is -0.455 e. The maximum absolute atomic E-state index is 12.1. The van der Waals surface area contributed by atoms with Crippen LogP contribution in [0.2, 0.25) is 5.02 Å². The standard InChI is InChI=1S/C15H9ClN2O4S/c16-9-5-6-12(18(20)21)10(7-9)15(19)22-8-14-17-11-3-1-2-4-13(11)23-14/h1-7H,8H2. The van der Waals surface area contributed by atoms with Gasteiger partial charge in [0.05, 0.1) is 15.1 Å². The van der Waals surface area contributed by atoms with Crippen LogP contribution >= 0.6 is 22.9 Å². The van der Waals surface area contributed by atoms with Crippen LogP contribution in [0.15, 0.2) is 42.5 Å². The molecule has 0 amide bonds. The topological polar surface area (TPSA) is 82.3 Å². The smallest absolute Gasteiger partial charge is 0.345 e. The van der Waals surface area contributed by atoms with E-state index in [4.69, 9.17) is 16.3 Å². The Hall–Kier alpha value is -2.51. The molecule has 2 aromatic carbocycles. The molecule has 0 aliphatic carbocycles. The van der Waals surface area contributed by atoms with E-state index in [1.807, 2.05) is 24.3 Å². The summed E-state index contributed by atoms with van der Waals surface area (Å²) in [6, 6.07) is 11.3. The molecular weight excluding hydrogens is 340 g/mol. The SMILES string of the molecule is O=C(OCc1nc2ccccc2s1)c1cc(Cl)ccc1[N+](=O)[O-]. The fraction of sp³-hybridized carbons (Fsp3) is 0.0667. The number of hydrogen-bond donors (Lipinski definition) is 0. The van der Waals surface area contributed by atoms with Crippen LogP contribution < -0.4 is 0 Å². The molecule has 3 aromatic rings. The Bertz CT molecular complexity index is 876. The van der Waals surface area contributed by atoms with E-state index in [1.54, 1.807) is 0 Å². The molecule has 0 radical (unpaired) electrons. The lowest BCUT2D eigenvalue weighted by atomic mass is 10.2. The van der Waals surface area contributed by atoms with Crippen LogP contribution in [0.5, 0.6) is 0 Å². The average molecular weight is 349 g/mol. The molecule has 6 nitrogen and oxygen atoms in total. The monoisotopic (exact) mass is 348 g/mol. The number of carbonyl (C=O) groups excluding carboxylic acids is 1. The molecule has 116 valence electrons. The minimum absolute atomic E-state index is 0.0537. The van der Waals surface area contributed by atoms with Crippen molar-refractivity contribution in [2.24, 2.45) is 0 Å². The summed E-state index contributed by atoms with van der Waals surface area (Å²) >= 11 is 7.20. The van der Waals surface area contributed by atoms with Gasteiger partial charge in [0.25, 0.3) is 5.69 Å². The van der Waals surface area contributed by atoms with Crippen LogP contribution in [0.25, 0.3) is 10.2 Å². The number of benzene rings is 2. The lowest BCUT2D eigenvalue weighted by molar-refractivity contribution is -0.385. The summed E-state index contributed by atoms with van der Waals surface area (Å²) in [6.07, 6.45) is 0. The fourth-order valence-corrected chi connectivity index (χ4v) is 3.07. The zero-order chi connectivity index (χ0) is 16.4. The van der Waals surface area contributed by atoms with Crippen molar-refractivity contribution in [1.29, 1.82) is 0 Å². The molecule has 0 unspecified atom stereocenters. The molecule has 0 N–H and O–H groups in total. The molecule has 1 heterocycles. The number of carbonyl (C=O) groups is 1. The first-order valence-corrected chi connectivity index (χ1v) is 7.69. The fourth-order valence-electron chi connectivity index (χ4n) is 2.02. The normalized spacial score (nSPS) is 10.7. The zero-order valence-electron chi connectivity index (χ0n) is 11.6. The van der Waals surface area contributed by atoms with Crippen molar-refractivity contribution in [3.63, 3.8) is 0 Å². The van der Waals surface area contributed by atoms with E-state index in [-0.39, 0.29) is 22.9 Å². The van der Waals surface area contributed by atoms with Crippen molar-refractivity contribution in [3.05, 3.63) is 68.2 Å². The van der Waals surface area contributed by atoms with Crippen LogP contribution in [0.3, 0.4) is 0 Å². The van der Waals surface area contributed by atoms with E-state index < -0.39 is 10.9 Å². The quantitative estimate of drug-likeness (QED) is 0.400. The summed E-state index contributed by atoms with van der Waals surface area (Å²) in [5.74, 6) is -0.807. The van der Waals surface area contributed by atoms with Crippen molar-refractivity contribution in [3.8, 4) is 0 Å². The molecule has 0 bridgehead atoms. The number of nitro groups is 1. The van der Waals surface area contributed by atoms with E-state index in [1.165, 1.54) is 29.5 Å². The second kappa shape index (κ2) is 6.31. The summed E-state index contributed by atoms with van der Waals surface area (Å²) in [6.45, 7) is -0.0537. The van der Waals surface area contributed by atoms with Crippen molar-refractivity contribution >= 4 is 44.8 Å². The molecule has 8 heteroatoms. The first-order chi connectivity index (χ1) is 11.0. The van der Waals surface area contributed by atoms with Crippen LogP contribution in [0.4, 0.5) is 5.69 Å². The molecule has 0 fully saturated rings. The van der Waals surface area contributed by atoms with Crippen molar-refractivity contribution in [2.75, 3.05) is 0 Å². The summed E-state index contributed by atoms with van der Waals surface area (Å²) in [7, 11) is 0. The first kappa shape index (κ1) is 15.4. The van der Waals surface area contributed by atoms with Gasteiger partial charge in [0, 0.05) is 11.1 Å².